The minimum atomic E-state index is -0.460. The van der Waals surface area contributed by atoms with E-state index in [-0.39, 0.29) is 6.04 Å². The number of ether oxygens (including phenoxy) is 1. The van der Waals surface area contributed by atoms with Gasteiger partial charge < -0.3 is 4.74 Å². The van der Waals surface area contributed by atoms with Crippen LogP contribution in [-0.4, -0.2) is 10.7 Å². The summed E-state index contributed by atoms with van der Waals surface area (Å²) in [6.07, 6.45) is 0.306. The predicted molar refractivity (Wildman–Crippen MR) is 132 cm³/mol. The van der Waals surface area contributed by atoms with Crippen LogP contribution < -0.4 is 4.74 Å². The fourth-order valence-electron chi connectivity index (χ4n) is 3.84. The van der Waals surface area contributed by atoms with Gasteiger partial charge in [0.05, 0.1) is 21.2 Å². The zero-order valence-electron chi connectivity index (χ0n) is 15.3. The number of hydrogen-bond acceptors (Lipinski definition) is 3. The van der Waals surface area contributed by atoms with Crippen LogP contribution in [0.25, 0.3) is 0 Å². The third-order valence-corrected chi connectivity index (χ3v) is 7.35. The van der Waals surface area contributed by atoms with E-state index in [4.69, 9.17) is 33.0 Å². The van der Waals surface area contributed by atoms with Gasteiger partial charge in [0.15, 0.2) is 0 Å². The lowest BCUT2D eigenvalue weighted by Crippen LogP contribution is -2.34. The Morgan fingerprint density at radius 2 is 1.67 bits per heavy atom. The van der Waals surface area contributed by atoms with Crippen LogP contribution >= 0.6 is 71.0 Å². The van der Waals surface area contributed by atoms with Crippen LogP contribution in [0.15, 0.2) is 73.1 Å². The molecule has 8 heteroatoms. The van der Waals surface area contributed by atoms with E-state index in [1.54, 1.807) is 6.07 Å². The van der Waals surface area contributed by atoms with Gasteiger partial charge in [-0.3, -0.25) is 0 Å². The third-order valence-electron chi connectivity index (χ3n) is 5.21. The molecule has 152 valence electrons. The Labute approximate surface area is 209 Å². The molecule has 0 unspecified atom stereocenters. The zero-order valence-corrected chi connectivity index (χ0v) is 21.5. The highest BCUT2D eigenvalue weighted by Gasteiger charge is 2.42. The molecule has 0 spiro atoms. The smallest absolute Gasteiger partial charge is 0.215 e. The van der Waals surface area contributed by atoms with E-state index in [2.05, 4.69) is 66.0 Å². The predicted octanol–water partition coefficient (Wildman–Crippen LogP) is 8.52. The molecule has 0 aromatic heterocycles. The molecule has 3 nitrogen and oxygen atoms in total. The molecule has 5 rings (SSSR count). The first-order valence-electron chi connectivity index (χ1n) is 9.13. The highest BCUT2D eigenvalue weighted by atomic mass is 79.9. The van der Waals surface area contributed by atoms with Crippen molar-refractivity contribution in [2.24, 2.45) is 5.10 Å². The molecule has 2 aliphatic rings. The summed E-state index contributed by atoms with van der Waals surface area (Å²) in [6.45, 7) is 0. The Morgan fingerprint density at radius 3 is 2.40 bits per heavy atom. The van der Waals surface area contributed by atoms with Gasteiger partial charge in [-0.15, -0.1) is 0 Å². The average Bonchev–Trinajstić information content (AvgIpc) is 3.14. The topological polar surface area (TPSA) is 24.8 Å². The van der Waals surface area contributed by atoms with Gasteiger partial charge in [0.2, 0.25) is 6.23 Å². The first kappa shape index (κ1) is 20.8. The van der Waals surface area contributed by atoms with Crippen molar-refractivity contribution >= 4 is 76.7 Å². The number of halogens is 5. The summed E-state index contributed by atoms with van der Waals surface area (Å²) in [7, 11) is 0. The second-order valence-electron chi connectivity index (χ2n) is 7.10. The van der Waals surface area contributed by atoms with E-state index in [9.17, 15) is 0 Å². The zero-order chi connectivity index (χ0) is 21.0. The summed E-state index contributed by atoms with van der Waals surface area (Å²) in [5, 5.41) is 8.12. The SMILES string of the molecule is Clc1ccc([C@@H]2Oc3c(Br)cc(Br)cc3[C@@H]3CC(c4ccc(Br)cc4)=NN32)c(Cl)c1. The third kappa shape index (κ3) is 3.71. The van der Waals surface area contributed by atoms with Gasteiger partial charge in [0.25, 0.3) is 0 Å². The number of hydrogen-bond donors (Lipinski definition) is 0. The van der Waals surface area contributed by atoms with Crippen molar-refractivity contribution in [2.45, 2.75) is 18.7 Å². The van der Waals surface area contributed by atoms with Crippen molar-refractivity contribution in [3.05, 3.63) is 94.8 Å². The van der Waals surface area contributed by atoms with Gasteiger partial charge in [-0.2, -0.15) is 5.10 Å². The van der Waals surface area contributed by atoms with Gasteiger partial charge in [-0.05, 0) is 57.9 Å². The monoisotopic (exact) mass is 628 g/mol. The fraction of sp³-hybridized carbons (Fsp3) is 0.136. The molecule has 2 atom stereocenters. The lowest BCUT2D eigenvalue weighted by Gasteiger charge is -2.39. The summed E-state index contributed by atoms with van der Waals surface area (Å²) in [4.78, 5) is 0. The normalized spacial score (nSPS) is 19.8. The lowest BCUT2D eigenvalue weighted by molar-refractivity contribution is -0.0196. The van der Waals surface area contributed by atoms with E-state index in [1.807, 2.05) is 35.3 Å². The molecule has 0 N–H and O–H groups in total. The molecule has 3 aromatic rings. The van der Waals surface area contributed by atoms with E-state index < -0.39 is 6.23 Å². The van der Waals surface area contributed by atoms with E-state index >= 15 is 0 Å². The molecule has 2 heterocycles. The molecule has 0 radical (unpaired) electrons. The van der Waals surface area contributed by atoms with Crippen LogP contribution in [0.1, 0.15) is 35.4 Å². The molecule has 0 saturated heterocycles. The summed E-state index contributed by atoms with van der Waals surface area (Å²) >= 11 is 23.4. The van der Waals surface area contributed by atoms with Gasteiger partial charge in [0.1, 0.15) is 5.75 Å². The number of fused-ring (bicyclic) bond motifs is 3. The van der Waals surface area contributed by atoms with Crippen LogP contribution in [0.3, 0.4) is 0 Å². The molecule has 0 saturated carbocycles. The average molecular weight is 632 g/mol. The Balaban J connectivity index is 1.64. The number of nitrogens with zero attached hydrogens (tertiary/aromatic N) is 2. The lowest BCUT2D eigenvalue weighted by atomic mass is 9.96. The first-order valence-corrected chi connectivity index (χ1v) is 12.3. The highest BCUT2D eigenvalue weighted by molar-refractivity contribution is 9.11. The standard InChI is InChI=1S/C22H13Br3Cl2N2O/c23-12-3-1-11(2-4-12)19-10-20-16-7-13(24)8-17(25)21(16)30-22(29(20)28-19)15-6-5-14(26)9-18(15)27/h1-9,20,22H,10H2/t20-,22-/m0/s1. The highest BCUT2D eigenvalue weighted by Crippen LogP contribution is 2.51. The Kier molecular flexibility index (Phi) is 5.65. The van der Waals surface area contributed by atoms with Crippen molar-refractivity contribution < 1.29 is 4.74 Å². The van der Waals surface area contributed by atoms with Gasteiger partial charge in [0, 0.05) is 31.5 Å². The minimum Gasteiger partial charge on any atom is -0.463 e. The van der Waals surface area contributed by atoms with Crippen molar-refractivity contribution in [2.75, 3.05) is 0 Å². The van der Waals surface area contributed by atoms with Crippen molar-refractivity contribution in [3.63, 3.8) is 0 Å². The van der Waals surface area contributed by atoms with E-state index in [0.29, 0.717) is 10.0 Å². The minimum absolute atomic E-state index is 0.0259. The molecular formula is C22H13Br3Cl2N2O. The maximum absolute atomic E-state index is 6.55. The molecule has 0 fully saturated rings. The molecule has 30 heavy (non-hydrogen) atoms. The first-order chi connectivity index (χ1) is 14.4. The summed E-state index contributed by atoms with van der Waals surface area (Å²) in [6, 6.07) is 17.8. The van der Waals surface area contributed by atoms with Crippen molar-refractivity contribution in [1.29, 1.82) is 0 Å². The summed E-state index contributed by atoms with van der Waals surface area (Å²) in [5.74, 6) is 0.808. The van der Waals surface area contributed by atoms with Gasteiger partial charge in [-0.25, -0.2) is 5.01 Å². The molecule has 0 bridgehead atoms. The molecule has 2 aliphatic heterocycles. The van der Waals surface area contributed by atoms with Crippen LogP contribution in [0, 0.1) is 0 Å². The van der Waals surface area contributed by atoms with Crippen LogP contribution in [0.4, 0.5) is 0 Å². The van der Waals surface area contributed by atoms with Crippen molar-refractivity contribution in [3.8, 4) is 5.75 Å². The Hall–Kier alpha value is -1.05. The molecule has 0 amide bonds. The number of benzene rings is 3. The van der Waals surface area contributed by atoms with E-state index in [1.165, 1.54) is 0 Å². The van der Waals surface area contributed by atoms with Crippen LogP contribution in [-0.2, 0) is 0 Å². The van der Waals surface area contributed by atoms with Crippen molar-refractivity contribution in [1.82, 2.24) is 5.01 Å². The molecule has 0 aliphatic carbocycles. The quantitative estimate of drug-likeness (QED) is 0.283. The Morgan fingerprint density at radius 1 is 0.900 bits per heavy atom. The molecule has 3 aromatic carbocycles. The fourth-order valence-corrected chi connectivity index (χ4v) is 5.96. The van der Waals surface area contributed by atoms with Gasteiger partial charge >= 0.3 is 0 Å². The van der Waals surface area contributed by atoms with E-state index in [0.717, 1.165) is 48.0 Å². The second-order valence-corrected chi connectivity index (χ2v) is 10.6. The summed E-state index contributed by atoms with van der Waals surface area (Å²) in [5.41, 5.74) is 4.00. The van der Waals surface area contributed by atoms with Gasteiger partial charge in [-0.1, -0.05) is 73.3 Å². The maximum atomic E-state index is 6.55. The molecular weight excluding hydrogens is 619 g/mol. The largest absolute Gasteiger partial charge is 0.463 e. The van der Waals surface area contributed by atoms with Crippen LogP contribution in [0.5, 0.6) is 5.75 Å². The number of rotatable bonds is 2. The number of hydrazone groups is 1. The maximum Gasteiger partial charge on any atom is 0.215 e. The van der Waals surface area contributed by atoms with Crippen LogP contribution in [0.2, 0.25) is 10.0 Å². The Bertz CT molecular complexity index is 1180. The second kappa shape index (κ2) is 8.14. The summed E-state index contributed by atoms with van der Waals surface area (Å²) < 4.78 is 9.37.